The zero-order chi connectivity index (χ0) is 17.3. The first-order valence-electron chi connectivity index (χ1n) is 8.01. The fraction of sp³-hybridized carbons (Fsp3) is 0.412. The van der Waals surface area contributed by atoms with Crippen molar-refractivity contribution in [1.82, 2.24) is 9.13 Å². The van der Waals surface area contributed by atoms with Crippen LogP contribution in [0.1, 0.15) is 24.1 Å². The molecular weight excluding hydrogens is 310 g/mol. The Morgan fingerprint density at radius 3 is 2.42 bits per heavy atom. The summed E-state index contributed by atoms with van der Waals surface area (Å²) < 4.78 is 2.39. The molecule has 1 aliphatic carbocycles. The van der Waals surface area contributed by atoms with Crippen LogP contribution >= 0.6 is 0 Å². The van der Waals surface area contributed by atoms with Gasteiger partial charge in [0.2, 0.25) is 0 Å². The lowest BCUT2D eigenvalue weighted by Crippen LogP contribution is -2.42. The molecule has 0 amide bonds. The lowest BCUT2D eigenvalue weighted by atomic mass is 10.1. The summed E-state index contributed by atoms with van der Waals surface area (Å²) in [5.41, 5.74) is -0.640. The van der Waals surface area contributed by atoms with E-state index in [0.717, 1.165) is 23.0 Å². The number of benzene rings is 1. The van der Waals surface area contributed by atoms with Gasteiger partial charge in [-0.05, 0) is 37.7 Å². The predicted molar refractivity (Wildman–Crippen MR) is 89.2 cm³/mol. The fourth-order valence-corrected chi connectivity index (χ4v) is 2.85. The van der Waals surface area contributed by atoms with Gasteiger partial charge in [0.1, 0.15) is 5.69 Å². The maximum absolute atomic E-state index is 12.7. The van der Waals surface area contributed by atoms with E-state index in [9.17, 15) is 19.7 Å². The van der Waals surface area contributed by atoms with Crippen molar-refractivity contribution in [3.63, 3.8) is 0 Å². The first-order valence-corrected chi connectivity index (χ1v) is 8.01. The monoisotopic (exact) mass is 329 g/mol. The molecule has 24 heavy (non-hydrogen) atoms. The first kappa shape index (κ1) is 16.2. The van der Waals surface area contributed by atoms with E-state index in [1.807, 2.05) is 30.3 Å². The molecule has 1 saturated carbocycles. The van der Waals surface area contributed by atoms with E-state index in [1.54, 1.807) is 0 Å². The topological polar surface area (TPSA) is 87.1 Å². The van der Waals surface area contributed by atoms with Crippen LogP contribution in [0, 0.1) is 23.0 Å². The summed E-state index contributed by atoms with van der Waals surface area (Å²) in [6, 6.07) is 9.43. The predicted octanol–water partition coefficient (Wildman–Crippen LogP) is 1.88. The van der Waals surface area contributed by atoms with E-state index in [4.69, 9.17) is 0 Å². The van der Waals surface area contributed by atoms with Crippen LogP contribution in [-0.4, -0.2) is 14.1 Å². The molecule has 0 bridgehead atoms. The molecule has 1 fully saturated rings. The number of hydrogen-bond donors (Lipinski definition) is 0. The molecule has 126 valence electrons. The van der Waals surface area contributed by atoms with E-state index in [-0.39, 0.29) is 12.2 Å². The van der Waals surface area contributed by atoms with E-state index < -0.39 is 21.9 Å². The Bertz CT molecular complexity index is 879. The van der Waals surface area contributed by atoms with E-state index in [1.165, 1.54) is 11.5 Å². The Hall–Kier alpha value is -2.70. The standard InChI is InChI=1S/C17H19N3O4/c1-12-15(20(23)24)16(21)18(10-9-13-5-3-2-4-6-13)17(22)19(12)11-14-7-8-14/h2-6,14H,7-11H2,1H3. The molecule has 0 atom stereocenters. The summed E-state index contributed by atoms with van der Waals surface area (Å²) in [4.78, 5) is 35.7. The van der Waals surface area contributed by atoms with Crippen molar-refractivity contribution in [2.45, 2.75) is 39.3 Å². The van der Waals surface area contributed by atoms with Crippen LogP contribution in [0.4, 0.5) is 5.69 Å². The molecule has 7 nitrogen and oxygen atoms in total. The first-order chi connectivity index (χ1) is 11.5. The highest BCUT2D eigenvalue weighted by Crippen LogP contribution is 2.30. The molecule has 2 aromatic rings. The van der Waals surface area contributed by atoms with Crippen molar-refractivity contribution in [3.05, 3.63) is 72.5 Å². The Morgan fingerprint density at radius 1 is 1.17 bits per heavy atom. The minimum Gasteiger partial charge on any atom is -0.291 e. The van der Waals surface area contributed by atoms with Crippen LogP contribution < -0.4 is 11.2 Å². The van der Waals surface area contributed by atoms with E-state index in [0.29, 0.717) is 18.9 Å². The molecule has 0 N–H and O–H groups in total. The maximum Gasteiger partial charge on any atom is 0.353 e. The second-order valence-corrected chi connectivity index (χ2v) is 6.22. The van der Waals surface area contributed by atoms with Crippen LogP contribution in [0.15, 0.2) is 39.9 Å². The number of nitrogens with zero attached hydrogens (tertiary/aromatic N) is 3. The number of rotatable bonds is 6. The highest BCUT2D eigenvalue weighted by Gasteiger charge is 2.29. The molecular formula is C17H19N3O4. The fourth-order valence-electron chi connectivity index (χ4n) is 2.85. The highest BCUT2D eigenvalue weighted by atomic mass is 16.6. The third kappa shape index (κ3) is 3.15. The molecule has 0 radical (unpaired) electrons. The number of nitro groups is 1. The Balaban J connectivity index is 2.03. The largest absolute Gasteiger partial charge is 0.353 e. The Labute approximate surface area is 138 Å². The number of aromatic nitrogens is 2. The molecule has 1 aliphatic rings. The normalized spacial score (nSPS) is 13.9. The summed E-state index contributed by atoms with van der Waals surface area (Å²) in [5.74, 6) is 0.376. The summed E-state index contributed by atoms with van der Waals surface area (Å²) in [6.07, 6.45) is 2.51. The van der Waals surface area contributed by atoms with Gasteiger partial charge in [-0.1, -0.05) is 30.3 Å². The zero-order valence-electron chi connectivity index (χ0n) is 13.5. The smallest absolute Gasteiger partial charge is 0.291 e. The zero-order valence-corrected chi connectivity index (χ0v) is 13.5. The van der Waals surface area contributed by atoms with Crippen LogP contribution in [0.25, 0.3) is 0 Å². The Morgan fingerprint density at radius 2 is 1.83 bits per heavy atom. The summed E-state index contributed by atoms with van der Waals surface area (Å²) in [6.45, 7) is 2.05. The van der Waals surface area contributed by atoms with Gasteiger partial charge in [-0.3, -0.25) is 24.0 Å². The van der Waals surface area contributed by atoms with E-state index in [2.05, 4.69) is 0 Å². The maximum atomic E-state index is 12.7. The average Bonchev–Trinajstić information content (AvgIpc) is 3.36. The summed E-state index contributed by atoms with van der Waals surface area (Å²) in [7, 11) is 0. The van der Waals surface area contributed by atoms with Crippen molar-refractivity contribution < 1.29 is 4.92 Å². The van der Waals surface area contributed by atoms with Crippen molar-refractivity contribution >= 4 is 5.69 Å². The second kappa shape index (κ2) is 6.43. The molecule has 1 aromatic heterocycles. The number of aryl methyl sites for hydroxylation is 1. The summed E-state index contributed by atoms with van der Waals surface area (Å²) >= 11 is 0. The van der Waals surface area contributed by atoms with Gasteiger partial charge in [0.25, 0.3) is 0 Å². The van der Waals surface area contributed by atoms with Gasteiger partial charge >= 0.3 is 16.9 Å². The molecule has 1 heterocycles. The molecule has 0 aliphatic heterocycles. The molecule has 3 rings (SSSR count). The molecule has 0 saturated heterocycles. The van der Waals surface area contributed by atoms with Gasteiger partial charge in [0, 0.05) is 13.1 Å². The number of hydrogen-bond acceptors (Lipinski definition) is 4. The molecule has 1 aromatic carbocycles. The van der Waals surface area contributed by atoms with Crippen LogP contribution in [0.2, 0.25) is 0 Å². The van der Waals surface area contributed by atoms with Crippen molar-refractivity contribution in [1.29, 1.82) is 0 Å². The van der Waals surface area contributed by atoms with Crippen molar-refractivity contribution in [2.75, 3.05) is 0 Å². The van der Waals surface area contributed by atoms with Crippen LogP contribution in [-0.2, 0) is 19.5 Å². The van der Waals surface area contributed by atoms with Gasteiger partial charge in [-0.25, -0.2) is 4.79 Å². The SMILES string of the molecule is Cc1c([N+](=O)[O-])c(=O)n(CCc2ccccc2)c(=O)n1CC1CC1. The molecule has 7 heteroatoms. The van der Waals surface area contributed by atoms with Crippen LogP contribution in [0.3, 0.4) is 0 Å². The molecule has 0 spiro atoms. The van der Waals surface area contributed by atoms with Crippen LogP contribution in [0.5, 0.6) is 0 Å². The van der Waals surface area contributed by atoms with Crippen molar-refractivity contribution in [3.8, 4) is 0 Å². The summed E-state index contributed by atoms with van der Waals surface area (Å²) in [5, 5.41) is 11.3. The van der Waals surface area contributed by atoms with Gasteiger partial charge in [-0.15, -0.1) is 0 Å². The van der Waals surface area contributed by atoms with Gasteiger partial charge in [0.05, 0.1) is 4.92 Å². The van der Waals surface area contributed by atoms with E-state index >= 15 is 0 Å². The minimum atomic E-state index is -0.814. The third-order valence-corrected chi connectivity index (χ3v) is 4.44. The van der Waals surface area contributed by atoms with Crippen molar-refractivity contribution in [2.24, 2.45) is 5.92 Å². The third-order valence-electron chi connectivity index (χ3n) is 4.44. The van der Waals surface area contributed by atoms with Gasteiger partial charge in [0.15, 0.2) is 0 Å². The highest BCUT2D eigenvalue weighted by molar-refractivity contribution is 5.32. The van der Waals surface area contributed by atoms with Gasteiger partial charge < -0.3 is 0 Å². The lowest BCUT2D eigenvalue weighted by Gasteiger charge is -2.13. The Kier molecular flexibility index (Phi) is 4.33. The minimum absolute atomic E-state index is 0.132. The second-order valence-electron chi connectivity index (χ2n) is 6.22. The van der Waals surface area contributed by atoms with Gasteiger partial charge in [-0.2, -0.15) is 0 Å². The molecule has 0 unspecified atom stereocenters. The lowest BCUT2D eigenvalue weighted by molar-refractivity contribution is -0.387. The quantitative estimate of drug-likeness (QED) is 0.598. The average molecular weight is 329 g/mol.